The molecule has 1 aliphatic rings. The lowest BCUT2D eigenvalue weighted by atomic mass is 10.0. The SMILES string of the molecule is CC1C(C(=O)O)CCN1CCOc1ccc(F)cc1. The third-order valence-electron chi connectivity index (χ3n) is 3.66. The van der Waals surface area contributed by atoms with Gasteiger partial charge in [0.1, 0.15) is 18.2 Å². The van der Waals surface area contributed by atoms with E-state index in [0.717, 1.165) is 6.54 Å². The van der Waals surface area contributed by atoms with Crippen LogP contribution in [-0.2, 0) is 4.79 Å². The quantitative estimate of drug-likeness (QED) is 0.886. The maximum atomic E-state index is 12.7. The largest absolute Gasteiger partial charge is 0.492 e. The molecule has 4 nitrogen and oxygen atoms in total. The summed E-state index contributed by atoms with van der Waals surface area (Å²) in [5.41, 5.74) is 0. The summed E-state index contributed by atoms with van der Waals surface area (Å²) in [6, 6.07) is 5.92. The number of carbonyl (C=O) groups is 1. The first-order valence-corrected chi connectivity index (χ1v) is 6.43. The van der Waals surface area contributed by atoms with Gasteiger partial charge in [-0.2, -0.15) is 0 Å². The lowest BCUT2D eigenvalue weighted by molar-refractivity contribution is -0.142. The van der Waals surface area contributed by atoms with Gasteiger partial charge in [0.05, 0.1) is 5.92 Å². The Morgan fingerprint density at radius 1 is 1.47 bits per heavy atom. The van der Waals surface area contributed by atoms with Gasteiger partial charge in [0.15, 0.2) is 0 Å². The van der Waals surface area contributed by atoms with Gasteiger partial charge in [0.25, 0.3) is 0 Å². The molecule has 0 bridgehead atoms. The molecular weight excluding hydrogens is 249 g/mol. The van der Waals surface area contributed by atoms with Crippen molar-refractivity contribution in [1.82, 2.24) is 4.90 Å². The molecule has 0 aliphatic carbocycles. The molecule has 2 atom stereocenters. The molecule has 1 N–H and O–H groups in total. The lowest BCUT2D eigenvalue weighted by Gasteiger charge is -2.22. The first kappa shape index (κ1) is 13.8. The van der Waals surface area contributed by atoms with Crippen LogP contribution in [0.4, 0.5) is 4.39 Å². The number of ether oxygens (including phenoxy) is 1. The third-order valence-corrected chi connectivity index (χ3v) is 3.66. The van der Waals surface area contributed by atoms with Crippen molar-refractivity contribution in [3.63, 3.8) is 0 Å². The molecule has 1 saturated heterocycles. The van der Waals surface area contributed by atoms with E-state index in [9.17, 15) is 9.18 Å². The van der Waals surface area contributed by atoms with E-state index in [1.165, 1.54) is 12.1 Å². The summed E-state index contributed by atoms with van der Waals surface area (Å²) in [7, 11) is 0. The van der Waals surface area contributed by atoms with Crippen molar-refractivity contribution in [1.29, 1.82) is 0 Å². The van der Waals surface area contributed by atoms with Gasteiger partial charge in [0, 0.05) is 12.6 Å². The number of halogens is 1. The van der Waals surface area contributed by atoms with E-state index in [4.69, 9.17) is 9.84 Å². The molecule has 1 aliphatic heterocycles. The molecular formula is C14H18FNO3. The maximum Gasteiger partial charge on any atom is 0.308 e. The lowest BCUT2D eigenvalue weighted by Crippen LogP contribution is -2.35. The number of likely N-dealkylation sites (tertiary alicyclic amines) is 1. The second-order valence-corrected chi connectivity index (χ2v) is 4.81. The van der Waals surface area contributed by atoms with Crippen LogP contribution >= 0.6 is 0 Å². The number of hydrogen-bond acceptors (Lipinski definition) is 3. The predicted octanol–water partition coefficient (Wildman–Crippen LogP) is 2.00. The average Bonchev–Trinajstić information content (AvgIpc) is 2.74. The van der Waals surface area contributed by atoms with Crippen molar-refractivity contribution >= 4 is 5.97 Å². The molecule has 1 fully saturated rings. The number of rotatable bonds is 5. The van der Waals surface area contributed by atoms with E-state index in [-0.39, 0.29) is 17.8 Å². The summed E-state index contributed by atoms with van der Waals surface area (Å²) in [5, 5.41) is 9.04. The van der Waals surface area contributed by atoms with Gasteiger partial charge in [-0.05, 0) is 44.2 Å². The highest BCUT2D eigenvalue weighted by Gasteiger charge is 2.35. The number of hydrogen-bond donors (Lipinski definition) is 1. The smallest absolute Gasteiger partial charge is 0.308 e. The van der Waals surface area contributed by atoms with Crippen LogP contribution in [0.2, 0.25) is 0 Å². The van der Waals surface area contributed by atoms with Gasteiger partial charge in [-0.15, -0.1) is 0 Å². The summed E-state index contributed by atoms with van der Waals surface area (Å²) in [6.07, 6.45) is 0.688. The molecule has 2 rings (SSSR count). The second kappa shape index (κ2) is 6.02. The molecule has 1 heterocycles. The van der Waals surface area contributed by atoms with Gasteiger partial charge in [0.2, 0.25) is 0 Å². The Balaban J connectivity index is 1.77. The zero-order chi connectivity index (χ0) is 13.8. The van der Waals surface area contributed by atoms with E-state index in [1.54, 1.807) is 12.1 Å². The average molecular weight is 267 g/mol. The highest BCUT2D eigenvalue weighted by Crippen LogP contribution is 2.23. The van der Waals surface area contributed by atoms with Crippen LogP contribution in [0.5, 0.6) is 5.75 Å². The Morgan fingerprint density at radius 2 is 2.16 bits per heavy atom. The monoisotopic (exact) mass is 267 g/mol. The topological polar surface area (TPSA) is 49.8 Å². The maximum absolute atomic E-state index is 12.7. The van der Waals surface area contributed by atoms with E-state index in [0.29, 0.717) is 25.3 Å². The molecule has 1 aromatic rings. The summed E-state index contributed by atoms with van der Waals surface area (Å²) >= 11 is 0. The van der Waals surface area contributed by atoms with Crippen LogP contribution in [0.3, 0.4) is 0 Å². The first-order chi connectivity index (χ1) is 9.08. The van der Waals surface area contributed by atoms with Gasteiger partial charge in [-0.25, -0.2) is 4.39 Å². The van der Waals surface area contributed by atoms with Gasteiger partial charge in [-0.3, -0.25) is 9.69 Å². The minimum Gasteiger partial charge on any atom is -0.492 e. The van der Waals surface area contributed by atoms with Crippen LogP contribution in [-0.4, -0.2) is 41.7 Å². The van der Waals surface area contributed by atoms with Crippen molar-refractivity contribution in [2.45, 2.75) is 19.4 Å². The Hall–Kier alpha value is -1.62. The van der Waals surface area contributed by atoms with Crippen LogP contribution in [0.1, 0.15) is 13.3 Å². The Kier molecular flexibility index (Phi) is 4.37. The van der Waals surface area contributed by atoms with E-state index in [2.05, 4.69) is 4.90 Å². The number of aliphatic carboxylic acids is 1. The fourth-order valence-electron chi connectivity index (χ4n) is 2.46. The van der Waals surface area contributed by atoms with Gasteiger partial charge in [-0.1, -0.05) is 0 Å². The van der Waals surface area contributed by atoms with Crippen LogP contribution in [0.15, 0.2) is 24.3 Å². The van der Waals surface area contributed by atoms with Crippen molar-refractivity contribution in [2.75, 3.05) is 19.7 Å². The second-order valence-electron chi connectivity index (χ2n) is 4.81. The molecule has 19 heavy (non-hydrogen) atoms. The zero-order valence-electron chi connectivity index (χ0n) is 10.9. The molecule has 0 radical (unpaired) electrons. The Bertz CT molecular complexity index is 435. The fraction of sp³-hybridized carbons (Fsp3) is 0.500. The number of carboxylic acid groups (broad SMARTS) is 1. The first-order valence-electron chi connectivity index (χ1n) is 6.43. The summed E-state index contributed by atoms with van der Waals surface area (Å²) in [5.74, 6) is -0.673. The molecule has 0 spiro atoms. The Morgan fingerprint density at radius 3 is 2.74 bits per heavy atom. The standard InChI is InChI=1S/C14H18FNO3/c1-10-13(14(17)18)6-7-16(10)8-9-19-12-4-2-11(15)3-5-12/h2-5,10,13H,6-9H2,1H3,(H,17,18). The molecule has 1 aromatic carbocycles. The molecule has 104 valence electrons. The molecule has 0 amide bonds. The normalized spacial score (nSPS) is 23.5. The van der Waals surface area contributed by atoms with E-state index in [1.807, 2.05) is 6.92 Å². The number of benzene rings is 1. The zero-order valence-corrected chi connectivity index (χ0v) is 10.9. The minimum absolute atomic E-state index is 0.0364. The van der Waals surface area contributed by atoms with Gasteiger partial charge >= 0.3 is 5.97 Å². The minimum atomic E-state index is -0.727. The number of nitrogens with zero attached hydrogens (tertiary/aromatic N) is 1. The summed E-state index contributed by atoms with van der Waals surface area (Å²) < 4.78 is 18.2. The highest BCUT2D eigenvalue weighted by molar-refractivity contribution is 5.71. The summed E-state index contributed by atoms with van der Waals surface area (Å²) in [6.45, 7) is 3.87. The van der Waals surface area contributed by atoms with Gasteiger partial charge < -0.3 is 9.84 Å². The highest BCUT2D eigenvalue weighted by atomic mass is 19.1. The van der Waals surface area contributed by atoms with Crippen LogP contribution in [0, 0.1) is 11.7 Å². The number of carboxylic acids is 1. The molecule has 0 aromatic heterocycles. The van der Waals surface area contributed by atoms with Crippen molar-refractivity contribution in [3.05, 3.63) is 30.1 Å². The van der Waals surface area contributed by atoms with E-state index < -0.39 is 5.97 Å². The molecule has 5 heteroatoms. The fourth-order valence-corrected chi connectivity index (χ4v) is 2.46. The van der Waals surface area contributed by atoms with Crippen molar-refractivity contribution in [3.8, 4) is 5.75 Å². The van der Waals surface area contributed by atoms with Crippen LogP contribution < -0.4 is 4.74 Å². The molecule has 2 unspecified atom stereocenters. The van der Waals surface area contributed by atoms with Crippen molar-refractivity contribution in [2.24, 2.45) is 5.92 Å². The Labute approximate surface area is 111 Å². The summed E-state index contributed by atoms with van der Waals surface area (Å²) in [4.78, 5) is 13.1. The predicted molar refractivity (Wildman–Crippen MR) is 68.7 cm³/mol. The van der Waals surface area contributed by atoms with E-state index >= 15 is 0 Å². The van der Waals surface area contributed by atoms with Crippen LogP contribution in [0.25, 0.3) is 0 Å². The van der Waals surface area contributed by atoms with Crippen molar-refractivity contribution < 1.29 is 19.0 Å². The third kappa shape index (κ3) is 3.44. The molecule has 0 saturated carbocycles.